The van der Waals surface area contributed by atoms with Gasteiger partial charge in [0.05, 0.1) is 4.90 Å². The van der Waals surface area contributed by atoms with Gasteiger partial charge in [0.2, 0.25) is 15.9 Å². The van der Waals surface area contributed by atoms with Crippen LogP contribution in [0, 0.1) is 5.92 Å². The molecule has 1 aromatic rings. The van der Waals surface area contributed by atoms with E-state index >= 15 is 0 Å². The van der Waals surface area contributed by atoms with Crippen molar-refractivity contribution in [2.24, 2.45) is 5.92 Å². The number of hydrogen-bond acceptors (Lipinski definition) is 4. The van der Waals surface area contributed by atoms with Crippen LogP contribution < -0.4 is 5.32 Å². The number of hydrogen-bond donors (Lipinski definition) is 1. The maximum atomic E-state index is 12.9. The zero-order valence-corrected chi connectivity index (χ0v) is 17.4. The Kier molecular flexibility index (Phi) is 5.93. The summed E-state index contributed by atoms with van der Waals surface area (Å²) in [5, 5.41) is 3.25. The molecule has 7 heteroatoms. The largest absolute Gasteiger partial charge is 0.340 e. The molecule has 2 saturated heterocycles. The van der Waals surface area contributed by atoms with Crippen LogP contribution in [0.2, 0.25) is 0 Å². The quantitative estimate of drug-likeness (QED) is 0.850. The van der Waals surface area contributed by atoms with E-state index in [4.69, 9.17) is 0 Å². The fraction of sp³-hybridized carbons (Fsp3) is 0.650. The Bertz CT molecular complexity index is 755. The average molecular weight is 394 g/mol. The molecule has 150 valence electrons. The molecule has 0 saturated carbocycles. The molecule has 0 bridgehead atoms. The molecule has 2 heterocycles. The molecule has 2 aliphatic heterocycles. The van der Waals surface area contributed by atoms with Crippen LogP contribution in [-0.4, -0.2) is 62.8 Å². The topological polar surface area (TPSA) is 69.7 Å². The van der Waals surface area contributed by atoms with E-state index < -0.39 is 10.0 Å². The highest BCUT2D eigenvalue weighted by atomic mass is 32.2. The van der Waals surface area contributed by atoms with Gasteiger partial charge in [-0.3, -0.25) is 4.79 Å². The van der Waals surface area contributed by atoms with Gasteiger partial charge in [0.1, 0.15) is 0 Å². The van der Waals surface area contributed by atoms with Crippen LogP contribution in [0.3, 0.4) is 0 Å². The van der Waals surface area contributed by atoms with E-state index in [9.17, 15) is 13.2 Å². The van der Waals surface area contributed by atoms with Crippen LogP contribution in [0.25, 0.3) is 0 Å². The van der Waals surface area contributed by atoms with E-state index in [1.165, 1.54) is 4.31 Å². The number of piperazine rings is 1. The first-order valence-corrected chi connectivity index (χ1v) is 11.2. The Morgan fingerprint density at radius 2 is 1.56 bits per heavy atom. The third-order valence-electron chi connectivity index (χ3n) is 5.59. The van der Waals surface area contributed by atoms with Gasteiger partial charge in [-0.05, 0) is 36.0 Å². The van der Waals surface area contributed by atoms with E-state index in [0.29, 0.717) is 30.8 Å². The lowest BCUT2D eigenvalue weighted by atomic mass is 9.87. The summed E-state index contributed by atoms with van der Waals surface area (Å²) in [5.41, 5.74) is 1.10. The van der Waals surface area contributed by atoms with Crippen molar-refractivity contribution >= 4 is 15.9 Å². The van der Waals surface area contributed by atoms with Crippen LogP contribution in [0.15, 0.2) is 29.2 Å². The summed E-state index contributed by atoms with van der Waals surface area (Å²) in [5.74, 6) is 0.126. The summed E-state index contributed by atoms with van der Waals surface area (Å²) in [6.07, 6.45) is 1.20. The standard InChI is InChI=1S/C20H31N3O3S/c1-20(2,3)17-4-6-18(7-5-17)27(25,26)23-12-8-16(9-13-23)19(24)22-14-10-21-11-15-22/h4-7,16,21H,8-15H2,1-3H3. The molecule has 27 heavy (non-hydrogen) atoms. The first-order valence-electron chi connectivity index (χ1n) is 9.80. The fourth-order valence-corrected chi connectivity index (χ4v) is 5.23. The Labute approximate surface area is 163 Å². The Morgan fingerprint density at radius 1 is 1.00 bits per heavy atom. The first kappa shape index (κ1) is 20.3. The van der Waals surface area contributed by atoms with Crippen molar-refractivity contribution in [3.63, 3.8) is 0 Å². The molecule has 1 amide bonds. The van der Waals surface area contributed by atoms with Gasteiger partial charge in [0.15, 0.2) is 0 Å². The number of amides is 1. The number of nitrogens with zero attached hydrogens (tertiary/aromatic N) is 2. The Morgan fingerprint density at radius 3 is 2.07 bits per heavy atom. The van der Waals surface area contributed by atoms with Crippen LogP contribution >= 0.6 is 0 Å². The third kappa shape index (κ3) is 4.52. The molecular formula is C20H31N3O3S. The first-order chi connectivity index (χ1) is 12.7. The predicted octanol–water partition coefficient (Wildman–Crippen LogP) is 1.82. The van der Waals surface area contributed by atoms with Gasteiger partial charge < -0.3 is 10.2 Å². The second-order valence-electron chi connectivity index (χ2n) is 8.53. The van der Waals surface area contributed by atoms with Crippen LogP contribution in [0.4, 0.5) is 0 Å². The van der Waals surface area contributed by atoms with Crippen molar-refractivity contribution in [1.82, 2.24) is 14.5 Å². The minimum Gasteiger partial charge on any atom is -0.340 e. The van der Waals surface area contributed by atoms with E-state index in [1.807, 2.05) is 17.0 Å². The van der Waals surface area contributed by atoms with Crippen LogP contribution in [0.5, 0.6) is 0 Å². The maximum Gasteiger partial charge on any atom is 0.243 e. The molecule has 1 N–H and O–H groups in total. The Balaban J connectivity index is 1.63. The van der Waals surface area contributed by atoms with Gasteiger partial charge >= 0.3 is 0 Å². The summed E-state index contributed by atoms with van der Waals surface area (Å²) < 4.78 is 27.4. The second kappa shape index (κ2) is 7.89. The van der Waals surface area contributed by atoms with Crippen molar-refractivity contribution in [3.8, 4) is 0 Å². The minimum absolute atomic E-state index is 0.00896. The van der Waals surface area contributed by atoms with Gasteiger partial charge in [0.25, 0.3) is 0 Å². The smallest absolute Gasteiger partial charge is 0.243 e. The minimum atomic E-state index is -3.50. The summed E-state index contributed by atoms with van der Waals surface area (Å²) in [7, 11) is -3.50. The van der Waals surface area contributed by atoms with E-state index in [-0.39, 0.29) is 17.2 Å². The molecule has 0 atom stereocenters. The lowest BCUT2D eigenvalue weighted by molar-refractivity contribution is -0.137. The van der Waals surface area contributed by atoms with E-state index in [1.54, 1.807) is 12.1 Å². The monoisotopic (exact) mass is 393 g/mol. The van der Waals surface area contributed by atoms with Crippen molar-refractivity contribution in [2.45, 2.75) is 43.9 Å². The predicted molar refractivity (Wildman–Crippen MR) is 106 cm³/mol. The van der Waals surface area contributed by atoms with Crippen molar-refractivity contribution < 1.29 is 13.2 Å². The highest BCUT2D eigenvalue weighted by Gasteiger charge is 2.34. The molecule has 2 aliphatic rings. The maximum absolute atomic E-state index is 12.9. The zero-order chi connectivity index (χ0) is 19.7. The summed E-state index contributed by atoms with van der Waals surface area (Å²) in [6.45, 7) is 10.3. The van der Waals surface area contributed by atoms with Crippen LogP contribution in [-0.2, 0) is 20.2 Å². The van der Waals surface area contributed by atoms with Crippen molar-refractivity contribution in [1.29, 1.82) is 0 Å². The second-order valence-corrected chi connectivity index (χ2v) is 10.5. The number of carbonyl (C=O) groups is 1. The van der Waals surface area contributed by atoms with Crippen molar-refractivity contribution in [3.05, 3.63) is 29.8 Å². The summed E-state index contributed by atoms with van der Waals surface area (Å²) >= 11 is 0. The highest BCUT2D eigenvalue weighted by Crippen LogP contribution is 2.27. The molecule has 0 aromatic heterocycles. The summed E-state index contributed by atoms with van der Waals surface area (Å²) in [4.78, 5) is 14.9. The lowest BCUT2D eigenvalue weighted by Gasteiger charge is -2.35. The third-order valence-corrected chi connectivity index (χ3v) is 7.50. The molecular weight excluding hydrogens is 362 g/mol. The zero-order valence-electron chi connectivity index (χ0n) is 16.6. The normalized spacial score (nSPS) is 20.6. The van der Waals surface area contributed by atoms with Gasteiger partial charge in [-0.15, -0.1) is 0 Å². The fourth-order valence-electron chi connectivity index (χ4n) is 3.76. The molecule has 0 radical (unpaired) electrons. The Hall–Kier alpha value is -1.44. The molecule has 0 spiro atoms. The number of carbonyl (C=O) groups excluding carboxylic acids is 1. The molecule has 0 unspecified atom stereocenters. The number of piperidine rings is 1. The molecule has 2 fully saturated rings. The van der Waals surface area contributed by atoms with Gasteiger partial charge in [-0.25, -0.2) is 8.42 Å². The number of sulfonamides is 1. The SMILES string of the molecule is CC(C)(C)c1ccc(S(=O)(=O)N2CCC(C(=O)N3CCNCC3)CC2)cc1. The summed E-state index contributed by atoms with van der Waals surface area (Å²) in [6, 6.07) is 7.20. The van der Waals surface area contributed by atoms with Crippen molar-refractivity contribution in [2.75, 3.05) is 39.3 Å². The molecule has 6 nitrogen and oxygen atoms in total. The van der Waals surface area contributed by atoms with Gasteiger partial charge in [-0.1, -0.05) is 32.9 Å². The molecule has 0 aliphatic carbocycles. The van der Waals surface area contributed by atoms with E-state index in [0.717, 1.165) is 31.7 Å². The number of benzene rings is 1. The van der Waals surface area contributed by atoms with Crippen LogP contribution in [0.1, 0.15) is 39.2 Å². The number of nitrogens with one attached hydrogen (secondary N) is 1. The molecule has 3 rings (SSSR count). The number of rotatable bonds is 3. The van der Waals surface area contributed by atoms with E-state index in [2.05, 4.69) is 26.1 Å². The lowest BCUT2D eigenvalue weighted by Crippen LogP contribution is -2.50. The van der Waals surface area contributed by atoms with Gasteiger partial charge in [-0.2, -0.15) is 4.31 Å². The molecule has 1 aromatic carbocycles. The van der Waals surface area contributed by atoms with Gasteiger partial charge in [0, 0.05) is 45.2 Å². The average Bonchev–Trinajstić information content (AvgIpc) is 2.67. The highest BCUT2D eigenvalue weighted by molar-refractivity contribution is 7.89.